The lowest BCUT2D eigenvalue weighted by molar-refractivity contribution is 0.102. The second kappa shape index (κ2) is 6.77. The minimum atomic E-state index is -0.125. The Hall–Kier alpha value is -2.92. The molecular weight excluding hydrogens is 326 g/mol. The Morgan fingerprint density at radius 1 is 1.15 bits per heavy atom. The molecule has 1 N–H and O–H groups in total. The summed E-state index contributed by atoms with van der Waals surface area (Å²) in [7, 11) is 3.67. The van der Waals surface area contributed by atoms with Crippen molar-refractivity contribution in [2.75, 3.05) is 26.0 Å². The summed E-state index contributed by atoms with van der Waals surface area (Å²) in [6.07, 6.45) is 0.853. The van der Waals surface area contributed by atoms with E-state index in [1.54, 1.807) is 7.11 Å². The van der Waals surface area contributed by atoms with Crippen molar-refractivity contribution in [3.8, 4) is 5.75 Å². The average Bonchev–Trinajstić information content (AvgIpc) is 2.66. The van der Waals surface area contributed by atoms with Gasteiger partial charge in [0, 0.05) is 36.2 Å². The molecule has 0 fully saturated rings. The van der Waals surface area contributed by atoms with E-state index in [0.29, 0.717) is 17.0 Å². The van der Waals surface area contributed by atoms with Gasteiger partial charge in [0.25, 0.3) is 5.91 Å². The zero-order valence-corrected chi connectivity index (χ0v) is 15.0. The van der Waals surface area contributed by atoms with Gasteiger partial charge in [-0.1, -0.05) is 30.3 Å². The van der Waals surface area contributed by atoms with Crippen molar-refractivity contribution in [3.05, 3.63) is 65.4 Å². The first-order chi connectivity index (χ1) is 12.7. The van der Waals surface area contributed by atoms with Crippen LogP contribution in [0.5, 0.6) is 5.75 Å². The smallest absolute Gasteiger partial charge is 0.256 e. The fraction of sp³-hybridized carbons (Fsp3) is 0.238. The Balaban J connectivity index is 1.84. The molecule has 3 aromatic rings. The summed E-state index contributed by atoms with van der Waals surface area (Å²) >= 11 is 0. The zero-order chi connectivity index (χ0) is 18.1. The van der Waals surface area contributed by atoms with Gasteiger partial charge in [0.05, 0.1) is 23.9 Å². The van der Waals surface area contributed by atoms with Gasteiger partial charge in [-0.15, -0.1) is 0 Å². The normalized spacial score (nSPS) is 14.1. The van der Waals surface area contributed by atoms with E-state index in [1.165, 1.54) is 0 Å². The summed E-state index contributed by atoms with van der Waals surface area (Å²) < 4.78 is 5.36. The SMILES string of the molecule is COc1ccccc1NC(=O)c1c2c(nc3ccccc13)CCN(C)C2. The molecular formula is C21H21N3O2. The fourth-order valence-electron chi connectivity index (χ4n) is 3.52. The van der Waals surface area contributed by atoms with E-state index in [2.05, 4.69) is 17.3 Å². The van der Waals surface area contributed by atoms with E-state index in [1.807, 2.05) is 48.5 Å². The van der Waals surface area contributed by atoms with Crippen molar-refractivity contribution in [2.24, 2.45) is 0 Å². The molecule has 5 nitrogen and oxygen atoms in total. The van der Waals surface area contributed by atoms with Crippen LogP contribution in [0.15, 0.2) is 48.5 Å². The van der Waals surface area contributed by atoms with Gasteiger partial charge in [0.15, 0.2) is 0 Å². The molecule has 1 amide bonds. The van der Waals surface area contributed by atoms with Gasteiger partial charge in [0.2, 0.25) is 0 Å². The number of aromatic nitrogens is 1. The van der Waals surface area contributed by atoms with Gasteiger partial charge < -0.3 is 15.0 Å². The number of carbonyl (C=O) groups is 1. The lowest BCUT2D eigenvalue weighted by atomic mass is 9.95. The number of benzene rings is 2. The molecule has 0 atom stereocenters. The predicted octanol–water partition coefficient (Wildman–Crippen LogP) is 3.48. The molecule has 4 rings (SSSR count). The number of methoxy groups -OCH3 is 1. The number of likely N-dealkylation sites (N-methyl/N-ethyl adjacent to an activating group) is 1. The molecule has 0 radical (unpaired) electrons. The van der Waals surface area contributed by atoms with Gasteiger partial charge in [-0.05, 0) is 25.2 Å². The van der Waals surface area contributed by atoms with E-state index in [9.17, 15) is 4.79 Å². The molecule has 0 saturated carbocycles. The fourth-order valence-corrected chi connectivity index (χ4v) is 3.52. The topological polar surface area (TPSA) is 54.5 Å². The Bertz CT molecular complexity index is 984. The predicted molar refractivity (Wildman–Crippen MR) is 103 cm³/mol. The number of carbonyl (C=O) groups excluding carboxylic acids is 1. The number of hydrogen-bond donors (Lipinski definition) is 1. The third kappa shape index (κ3) is 2.91. The number of hydrogen-bond acceptors (Lipinski definition) is 4. The minimum Gasteiger partial charge on any atom is -0.495 e. The van der Waals surface area contributed by atoms with Crippen LogP contribution in [0.2, 0.25) is 0 Å². The van der Waals surface area contributed by atoms with Gasteiger partial charge in [-0.25, -0.2) is 0 Å². The Labute approximate surface area is 152 Å². The van der Waals surface area contributed by atoms with Crippen molar-refractivity contribution in [3.63, 3.8) is 0 Å². The summed E-state index contributed by atoms with van der Waals surface area (Å²) in [5.74, 6) is 0.518. The summed E-state index contributed by atoms with van der Waals surface area (Å²) in [5.41, 5.74) is 4.28. The summed E-state index contributed by atoms with van der Waals surface area (Å²) in [5, 5.41) is 3.91. The lowest BCUT2D eigenvalue weighted by Gasteiger charge is -2.27. The molecule has 0 saturated heterocycles. The number of rotatable bonds is 3. The summed E-state index contributed by atoms with van der Waals surface area (Å²) in [6.45, 7) is 1.67. The molecule has 1 aliphatic heterocycles. The number of nitrogens with zero attached hydrogens (tertiary/aromatic N) is 2. The number of para-hydroxylation sites is 3. The highest BCUT2D eigenvalue weighted by atomic mass is 16.5. The molecule has 0 spiro atoms. The molecule has 0 unspecified atom stereocenters. The van der Waals surface area contributed by atoms with Gasteiger partial charge >= 0.3 is 0 Å². The third-order valence-corrected chi connectivity index (χ3v) is 4.82. The van der Waals surface area contributed by atoms with Gasteiger partial charge in [-0.2, -0.15) is 0 Å². The molecule has 1 aliphatic rings. The Morgan fingerprint density at radius 3 is 2.77 bits per heavy atom. The van der Waals surface area contributed by atoms with Crippen LogP contribution in [0.1, 0.15) is 21.6 Å². The zero-order valence-electron chi connectivity index (χ0n) is 15.0. The van der Waals surface area contributed by atoms with E-state index in [-0.39, 0.29) is 5.91 Å². The van der Waals surface area contributed by atoms with E-state index < -0.39 is 0 Å². The van der Waals surface area contributed by atoms with Gasteiger partial charge in [-0.3, -0.25) is 9.78 Å². The molecule has 26 heavy (non-hydrogen) atoms. The van der Waals surface area contributed by atoms with Crippen molar-refractivity contribution in [1.82, 2.24) is 9.88 Å². The maximum atomic E-state index is 13.3. The maximum Gasteiger partial charge on any atom is 0.256 e. The van der Waals surface area contributed by atoms with E-state index >= 15 is 0 Å². The number of ether oxygens (including phenoxy) is 1. The second-order valence-electron chi connectivity index (χ2n) is 6.57. The van der Waals surface area contributed by atoms with Crippen LogP contribution in [0.3, 0.4) is 0 Å². The monoisotopic (exact) mass is 347 g/mol. The Morgan fingerprint density at radius 2 is 1.92 bits per heavy atom. The number of fused-ring (bicyclic) bond motifs is 2. The molecule has 2 aromatic carbocycles. The average molecular weight is 347 g/mol. The highest BCUT2D eigenvalue weighted by Crippen LogP contribution is 2.30. The van der Waals surface area contributed by atoms with Crippen molar-refractivity contribution in [2.45, 2.75) is 13.0 Å². The quantitative estimate of drug-likeness (QED) is 0.788. The van der Waals surface area contributed by atoms with Crippen LogP contribution in [0.4, 0.5) is 5.69 Å². The molecule has 2 heterocycles. The van der Waals surface area contributed by atoms with Crippen LogP contribution < -0.4 is 10.1 Å². The van der Waals surface area contributed by atoms with Crippen LogP contribution in [0, 0.1) is 0 Å². The number of amides is 1. The van der Waals surface area contributed by atoms with Crippen molar-refractivity contribution in [1.29, 1.82) is 0 Å². The molecule has 132 valence electrons. The first kappa shape index (κ1) is 16.5. The number of anilines is 1. The highest BCUT2D eigenvalue weighted by Gasteiger charge is 2.24. The van der Waals surface area contributed by atoms with Crippen LogP contribution in [-0.2, 0) is 13.0 Å². The largest absolute Gasteiger partial charge is 0.495 e. The maximum absolute atomic E-state index is 13.3. The number of pyridine rings is 1. The minimum absolute atomic E-state index is 0.125. The van der Waals surface area contributed by atoms with E-state index in [0.717, 1.165) is 41.7 Å². The molecule has 0 bridgehead atoms. The number of nitrogens with one attached hydrogen (secondary N) is 1. The van der Waals surface area contributed by atoms with Crippen LogP contribution in [-0.4, -0.2) is 36.5 Å². The van der Waals surface area contributed by atoms with E-state index in [4.69, 9.17) is 9.72 Å². The summed E-state index contributed by atoms with van der Waals surface area (Å²) in [4.78, 5) is 20.3. The Kier molecular flexibility index (Phi) is 4.31. The molecule has 0 aliphatic carbocycles. The lowest BCUT2D eigenvalue weighted by Crippen LogP contribution is -2.30. The third-order valence-electron chi connectivity index (χ3n) is 4.82. The van der Waals surface area contributed by atoms with Crippen LogP contribution in [0.25, 0.3) is 10.9 Å². The first-order valence-corrected chi connectivity index (χ1v) is 8.71. The summed E-state index contributed by atoms with van der Waals surface area (Å²) in [6, 6.07) is 15.3. The van der Waals surface area contributed by atoms with Crippen LogP contribution >= 0.6 is 0 Å². The molecule has 1 aromatic heterocycles. The first-order valence-electron chi connectivity index (χ1n) is 8.71. The van der Waals surface area contributed by atoms with Crippen molar-refractivity contribution >= 4 is 22.5 Å². The van der Waals surface area contributed by atoms with Gasteiger partial charge in [0.1, 0.15) is 5.75 Å². The highest BCUT2D eigenvalue weighted by molar-refractivity contribution is 6.14. The standard InChI is InChI=1S/C21H21N3O2/c1-24-12-11-17-15(13-24)20(14-7-3-4-8-16(14)22-17)21(25)23-18-9-5-6-10-19(18)26-2/h3-10H,11-13H2,1-2H3,(H,23,25). The van der Waals surface area contributed by atoms with Crippen molar-refractivity contribution < 1.29 is 9.53 Å². The second-order valence-corrected chi connectivity index (χ2v) is 6.57. The molecule has 5 heteroatoms.